The van der Waals surface area contributed by atoms with E-state index in [9.17, 15) is 0 Å². The Hall–Kier alpha value is -1.60. The van der Waals surface area contributed by atoms with Crippen LogP contribution in [0.25, 0.3) is 0 Å². The number of aromatic nitrogens is 2. The van der Waals surface area contributed by atoms with Gasteiger partial charge in [0.1, 0.15) is 11.6 Å². The van der Waals surface area contributed by atoms with E-state index in [-0.39, 0.29) is 5.95 Å². The highest BCUT2D eigenvalue weighted by molar-refractivity contribution is 5.50. The third kappa shape index (κ3) is 5.71. The first-order valence-electron chi connectivity index (χ1n) is 6.58. The van der Waals surface area contributed by atoms with Crippen molar-refractivity contribution in [2.24, 2.45) is 5.84 Å². The van der Waals surface area contributed by atoms with E-state index in [2.05, 4.69) is 46.5 Å². The summed E-state index contributed by atoms with van der Waals surface area (Å²) in [5.74, 6) is 6.70. The minimum atomic E-state index is 0.206. The van der Waals surface area contributed by atoms with E-state index in [1.165, 1.54) is 0 Å². The number of hydrogen-bond acceptors (Lipinski definition) is 7. The summed E-state index contributed by atoms with van der Waals surface area (Å²) in [7, 11) is 2.14. The Balaban J connectivity index is 2.28. The quantitative estimate of drug-likeness (QED) is 0.315. The second kappa shape index (κ2) is 7.75. The maximum Gasteiger partial charge on any atom is 0.223 e. The molecule has 0 fully saturated rings. The number of nitrogens with two attached hydrogens (primary N) is 2. The Kier molecular flexibility index (Phi) is 6.31. The highest BCUT2D eigenvalue weighted by atomic mass is 15.3. The fourth-order valence-electron chi connectivity index (χ4n) is 1.59. The van der Waals surface area contributed by atoms with E-state index < -0.39 is 0 Å². The first kappa shape index (κ1) is 15.5. The Morgan fingerprint density at radius 1 is 1.26 bits per heavy atom. The molecule has 0 bridgehead atoms. The monoisotopic (exact) mass is 267 g/mol. The van der Waals surface area contributed by atoms with Crippen molar-refractivity contribution >= 4 is 17.6 Å². The molecule has 1 heterocycles. The van der Waals surface area contributed by atoms with Gasteiger partial charge in [-0.25, -0.2) is 5.84 Å². The zero-order valence-electron chi connectivity index (χ0n) is 12.0. The van der Waals surface area contributed by atoms with Crippen LogP contribution < -0.4 is 22.3 Å². The Morgan fingerprint density at radius 2 is 1.95 bits per heavy atom. The lowest BCUT2D eigenvalue weighted by atomic mass is 10.2. The minimum Gasteiger partial charge on any atom is -0.370 e. The van der Waals surface area contributed by atoms with Crippen LogP contribution in [0.5, 0.6) is 0 Å². The number of unbranched alkanes of at least 4 members (excludes halogenated alkanes) is 1. The van der Waals surface area contributed by atoms with Crippen molar-refractivity contribution in [3.63, 3.8) is 0 Å². The van der Waals surface area contributed by atoms with Gasteiger partial charge in [-0.05, 0) is 40.3 Å². The van der Waals surface area contributed by atoms with Crippen LogP contribution in [0.3, 0.4) is 0 Å². The first-order chi connectivity index (χ1) is 9.02. The van der Waals surface area contributed by atoms with E-state index in [0.29, 0.717) is 17.7 Å². The molecule has 0 unspecified atom stereocenters. The van der Waals surface area contributed by atoms with Gasteiger partial charge in [0.05, 0.1) is 0 Å². The lowest BCUT2D eigenvalue weighted by Crippen LogP contribution is -2.27. The lowest BCUT2D eigenvalue weighted by molar-refractivity contribution is 0.269. The lowest BCUT2D eigenvalue weighted by Gasteiger charge is -2.20. The summed E-state index contributed by atoms with van der Waals surface area (Å²) in [4.78, 5) is 10.3. The smallest absolute Gasteiger partial charge is 0.223 e. The molecule has 0 atom stereocenters. The van der Waals surface area contributed by atoms with E-state index in [1.54, 1.807) is 6.07 Å². The number of anilines is 3. The summed E-state index contributed by atoms with van der Waals surface area (Å²) in [6.45, 7) is 6.35. The molecule has 0 aliphatic heterocycles. The highest BCUT2D eigenvalue weighted by Crippen LogP contribution is 2.11. The molecule has 1 aromatic rings. The van der Waals surface area contributed by atoms with Crippen LogP contribution in [0.2, 0.25) is 0 Å². The molecule has 0 saturated heterocycles. The molecule has 0 radical (unpaired) electrons. The van der Waals surface area contributed by atoms with Gasteiger partial charge in [0.25, 0.3) is 0 Å². The number of hydrazine groups is 1. The number of rotatable bonds is 8. The minimum absolute atomic E-state index is 0.206. The zero-order chi connectivity index (χ0) is 14.3. The molecule has 6 N–H and O–H groups in total. The molecular weight excluding hydrogens is 242 g/mol. The second-order valence-electron chi connectivity index (χ2n) is 4.85. The second-order valence-corrected chi connectivity index (χ2v) is 4.85. The van der Waals surface area contributed by atoms with Crippen molar-refractivity contribution in [2.45, 2.75) is 32.7 Å². The standard InChI is InChI=1S/C12H25N7/c1-9(2)19(3)7-5-4-6-15-10-8-11(18-14)17-12(13)16-10/h8-9H,4-7,14H2,1-3H3,(H4,13,15,16,17,18). The third-order valence-electron chi connectivity index (χ3n) is 3.02. The van der Waals surface area contributed by atoms with Gasteiger partial charge in [-0.15, -0.1) is 0 Å². The molecule has 7 heteroatoms. The molecule has 0 amide bonds. The number of nitrogens with zero attached hydrogens (tertiary/aromatic N) is 3. The molecule has 7 nitrogen and oxygen atoms in total. The average Bonchev–Trinajstić information content (AvgIpc) is 2.37. The third-order valence-corrected chi connectivity index (χ3v) is 3.02. The van der Waals surface area contributed by atoms with E-state index in [4.69, 9.17) is 11.6 Å². The van der Waals surface area contributed by atoms with Crippen LogP contribution in [-0.2, 0) is 0 Å². The van der Waals surface area contributed by atoms with Crippen LogP contribution in [0.4, 0.5) is 17.6 Å². The molecular formula is C12H25N7. The molecule has 1 rings (SSSR count). The maximum atomic E-state index is 5.57. The largest absolute Gasteiger partial charge is 0.370 e. The molecule has 0 aromatic carbocycles. The summed E-state index contributed by atoms with van der Waals surface area (Å²) < 4.78 is 0. The Bertz CT molecular complexity index is 380. The van der Waals surface area contributed by atoms with E-state index in [1.807, 2.05) is 0 Å². The SMILES string of the molecule is CC(C)N(C)CCCCNc1cc(NN)nc(N)n1. The Labute approximate surface area is 114 Å². The summed E-state index contributed by atoms with van der Waals surface area (Å²) in [5, 5.41) is 3.22. The van der Waals surface area contributed by atoms with Gasteiger partial charge in [-0.1, -0.05) is 0 Å². The predicted octanol–water partition coefficient (Wildman–Crippen LogP) is 0.877. The van der Waals surface area contributed by atoms with Crippen LogP contribution in [0.1, 0.15) is 26.7 Å². The van der Waals surface area contributed by atoms with Gasteiger partial charge in [0.15, 0.2) is 0 Å². The normalized spacial score (nSPS) is 11.1. The summed E-state index contributed by atoms with van der Waals surface area (Å²) in [5.41, 5.74) is 8.03. The van der Waals surface area contributed by atoms with Crippen molar-refractivity contribution < 1.29 is 0 Å². The molecule has 0 spiro atoms. The average molecular weight is 267 g/mol. The van der Waals surface area contributed by atoms with Gasteiger partial charge < -0.3 is 21.4 Å². The highest BCUT2D eigenvalue weighted by Gasteiger charge is 2.03. The van der Waals surface area contributed by atoms with E-state index in [0.717, 1.165) is 25.9 Å². The molecule has 108 valence electrons. The molecule has 0 saturated carbocycles. The number of hydrogen-bond donors (Lipinski definition) is 4. The topological polar surface area (TPSA) is 105 Å². The van der Waals surface area contributed by atoms with Crippen LogP contribution in [0, 0.1) is 0 Å². The van der Waals surface area contributed by atoms with Crippen molar-refractivity contribution in [1.29, 1.82) is 0 Å². The molecule has 0 aliphatic carbocycles. The van der Waals surface area contributed by atoms with Crippen molar-refractivity contribution in [2.75, 3.05) is 36.6 Å². The fraction of sp³-hybridized carbons (Fsp3) is 0.667. The number of nitrogen functional groups attached to an aromatic ring is 2. The predicted molar refractivity (Wildman–Crippen MR) is 79.7 cm³/mol. The summed E-state index contributed by atoms with van der Waals surface area (Å²) in [6.07, 6.45) is 2.22. The van der Waals surface area contributed by atoms with Crippen LogP contribution >= 0.6 is 0 Å². The van der Waals surface area contributed by atoms with Gasteiger partial charge in [0, 0.05) is 18.7 Å². The molecule has 1 aromatic heterocycles. The van der Waals surface area contributed by atoms with Crippen LogP contribution in [-0.4, -0.2) is 41.0 Å². The number of nitrogens with one attached hydrogen (secondary N) is 2. The first-order valence-corrected chi connectivity index (χ1v) is 6.58. The zero-order valence-corrected chi connectivity index (χ0v) is 12.0. The van der Waals surface area contributed by atoms with Crippen molar-refractivity contribution in [1.82, 2.24) is 14.9 Å². The van der Waals surface area contributed by atoms with E-state index >= 15 is 0 Å². The van der Waals surface area contributed by atoms with Crippen LogP contribution in [0.15, 0.2) is 6.07 Å². The summed E-state index contributed by atoms with van der Waals surface area (Å²) in [6, 6.07) is 2.32. The van der Waals surface area contributed by atoms with Gasteiger partial charge in [-0.3, -0.25) is 0 Å². The molecule has 0 aliphatic rings. The fourth-order valence-corrected chi connectivity index (χ4v) is 1.59. The molecule has 19 heavy (non-hydrogen) atoms. The van der Waals surface area contributed by atoms with Gasteiger partial charge in [-0.2, -0.15) is 9.97 Å². The van der Waals surface area contributed by atoms with Crippen molar-refractivity contribution in [3.05, 3.63) is 6.07 Å². The van der Waals surface area contributed by atoms with Gasteiger partial charge in [0.2, 0.25) is 5.95 Å². The van der Waals surface area contributed by atoms with Gasteiger partial charge >= 0.3 is 0 Å². The Morgan fingerprint density at radius 3 is 2.58 bits per heavy atom. The van der Waals surface area contributed by atoms with Crippen molar-refractivity contribution in [3.8, 4) is 0 Å². The maximum absolute atomic E-state index is 5.57. The summed E-state index contributed by atoms with van der Waals surface area (Å²) >= 11 is 0.